The Bertz CT molecular complexity index is 2220. The molecule has 90 heavy (non-hydrogen) atoms. The Labute approximate surface area is 535 Å². The summed E-state index contributed by atoms with van der Waals surface area (Å²) in [6, 6.07) is 9.00. The molecule has 514 valence electrons. The minimum absolute atomic E-state index is 0.0112. The van der Waals surface area contributed by atoms with Gasteiger partial charge in [-0.05, 0) is 71.4 Å². The highest BCUT2D eigenvalue weighted by Crippen LogP contribution is 2.38. The third-order valence-electron chi connectivity index (χ3n) is 18.0. The quantitative estimate of drug-likeness (QED) is 0.0216. The molecule has 1 aromatic rings. The number of hydrogen-bond acceptors (Lipinski definition) is 21. The van der Waals surface area contributed by atoms with E-state index in [4.69, 9.17) is 56.8 Å². The molecule has 0 radical (unpaired) electrons. The van der Waals surface area contributed by atoms with Gasteiger partial charge in [-0.3, -0.25) is 14.4 Å². The van der Waals surface area contributed by atoms with Gasteiger partial charge < -0.3 is 82.4 Å². The van der Waals surface area contributed by atoms with Crippen molar-refractivity contribution in [1.29, 1.82) is 0 Å². The first kappa shape index (κ1) is 75.3. The van der Waals surface area contributed by atoms with Crippen LogP contribution in [-0.2, 0) is 76.0 Å². The number of ether oxygens (including phenoxy) is 12. The van der Waals surface area contributed by atoms with Crippen LogP contribution >= 0.6 is 0 Å². The van der Waals surface area contributed by atoms with Crippen molar-refractivity contribution in [3.63, 3.8) is 0 Å². The zero-order valence-electron chi connectivity index (χ0n) is 54.9. The molecule has 5 aliphatic rings. The molecule has 0 amide bonds. The second-order valence-corrected chi connectivity index (χ2v) is 25.6. The van der Waals surface area contributed by atoms with Crippen LogP contribution in [0.2, 0.25) is 0 Å². The first-order chi connectivity index (χ1) is 43.4. The normalized spacial score (nSPS) is 35.1. The Morgan fingerprint density at radius 2 is 0.956 bits per heavy atom. The standard InChI is InChI=1S/C69H112O21/c1-8-11-14-16-19-24-32-39-50(70)84-59-45(5)80-67(63(56(59)76)87-53(73)43-42-48-35-29-27-30-36-48)88-60-46(6)81-68(64(57(60)77)85-51(71)40-33-25-20-17-15-12-9-2)89-61-47(7)82-69-65(58(61)78)86-52(72)41-34-26-22-18-21-23-31-38-49(37-28-13-10-3)83-66-62(90-69)55(75)54(74)44(4)79-66/h27,29-30,35-36,42-47,49,54-69,74-78H,8-26,28,31-34,37-41H2,1-7H3. The Kier molecular flexibility index (Phi) is 33.9. The minimum atomic E-state index is -1.79. The van der Waals surface area contributed by atoms with Crippen molar-refractivity contribution < 1.29 is 102 Å². The molecule has 21 nitrogen and oxygen atoms in total. The maximum atomic E-state index is 14.0. The summed E-state index contributed by atoms with van der Waals surface area (Å²) in [6.45, 7) is 12.7. The van der Waals surface area contributed by atoms with E-state index in [1.165, 1.54) is 12.2 Å². The van der Waals surface area contributed by atoms with Gasteiger partial charge in [0.25, 0.3) is 0 Å². The van der Waals surface area contributed by atoms with E-state index in [1.54, 1.807) is 52.0 Å². The topological polar surface area (TPSA) is 280 Å². The summed E-state index contributed by atoms with van der Waals surface area (Å²) in [7, 11) is 0. The van der Waals surface area contributed by atoms with E-state index in [-0.39, 0.29) is 25.4 Å². The fourth-order valence-corrected chi connectivity index (χ4v) is 12.6. The lowest BCUT2D eigenvalue weighted by Crippen LogP contribution is -2.67. The van der Waals surface area contributed by atoms with Crippen molar-refractivity contribution in [3.05, 3.63) is 42.0 Å². The Morgan fingerprint density at radius 3 is 1.57 bits per heavy atom. The number of esters is 4. The summed E-state index contributed by atoms with van der Waals surface area (Å²) >= 11 is 0. The molecular weight excluding hydrogens is 1160 g/mol. The van der Waals surface area contributed by atoms with Gasteiger partial charge in [-0.1, -0.05) is 186 Å². The molecule has 1 aromatic carbocycles. The van der Waals surface area contributed by atoms with E-state index in [2.05, 4.69) is 20.8 Å². The molecule has 5 fully saturated rings. The summed E-state index contributed by atoms with van der Waals surface area (Å²) < 4.78 is 75.8. The molecule has 5 N–H and O–H groups in total. The molecule has 21 unspecified atom stereocenters. The van der Waals surface area contributed by atoms with Crippen LogP contribution in [0.5, 0.6) is 0 Å². The monoisotopic (exact) mass is 1280 g/mol. The number of aliphatic hydroxyl groups excluding tert-OH is 5. The van der Waals surface area contributed by atoms with Gasteiger partial charge in [0.05, 0.1) is 30.5 Å². The number of aliphatic hydroxyl groups is 5. The Balaban J connectivity index is 1.26. The predicted octanol–water partition coefficient (Wildman–Crippen LogP) is 10.1. The lowest BCUT2D eigenvalue weighted by atomic mass is 9.95. The van der Waals surface area contributed by atoms with Crippen LogP contribution in [0.25, 0.3) is 6.08 Å². The summed E-state index contributed by atoms with van der Waals surface area (Å²) in [5.41, 5.74) is 0.692. The van der Waals surface area contributed by atoms with Crippen LogP contribution < -0.4 is 0 Å². The number of carbonyl (C=O) groups is 4. The van der Waals surface area contributed by atoms with Crippen LogP contribution in [0.15, 0.2) is 36.4 Å². The number of hydrogen-bond donors (Lipinski definition) is 5. The summed E-state index contributed by atoms with van der Waals surface area (Å²) in [5.74, 6) is -2.80. The first-order valence-electron chi connectivity index (χ1n) is 34.6. The highest BCUT2D eigenvalue weighted by molar-refractivity contribution is 5.87. The lowest BCUT2D eigenvalue weighted by molar-refractivity contribution is -0.387. The molecule has 21 atom stereocenters. The van der Waals surface area contributed by atoms with Crippen molar-refractivity contribution in [2.75, 3.05) is 0 Å². The molecule has 0 aliphatic carbocycles. The molecule has 5 saturated heterocycles. The van der Waals surface area contributed by atoms with Crippen molar-refractivity contribution in [1.82, 2.24) is 0 Å². The second kappa shape index (κ2) is 40.5. The minimum Gasteiger partial charge on any atom is -0.457 e. The van der Waals surface area contributed by atoms with Gasteiger partial charge >= 0.3 is 23.9 Å². The van der Waals surface area contributed by atoms with E-state index in [0.717, 1.165) is 148 Å². The van der Waals surface area contributed by atoms with E-state index in [9.17, 15) is 44.7 Å². The zero-order chi connectivity index (χ0) is 65.0. The van der Waals surface area contributed by atoms with Gasteiger partial charge in [0, 0.05) is 25.3 Å². The van der Waals surface area contributed by atoms with Gasteiger partial charge in [-0.15, -0.1) is 0 Å². The van der Waals surface area contributed by atoms with Crippen LogP contribution in [0.3, 0.4) is 0 Å². The third-order valence-corrected chi connectivity index (χ3v) is 18.0. The molecule has 0 spiro atoms. The predicted molar refractivity (Wildman–Crippen MR) is 333 cm³/mol. The van der Waals surface area contributed by atoms with Gasteiger partial charge in [0.1, 0.15) is 48.8 Å². The van der Waals surface area contributed by atoms with Gasteiger partial charge in [0.2, 0.25) is 0 Å². The summed E-state index contributed by atoms with van der Waals surface area (Å²) in [5, 5.41) is 60.2. The number of carbonyl (C=O) groups excluding carboxylic acids is 4. The average molecular weight is 1280 g/mol. The highest BCUT2D eigenvalue weighted by atomic mass is 16.8. The highest BCUT2D eigenvalue weighted by Gasteiger charge is 2.57. The summed E-state index contributed by atoms with van der Waals surface area (Å²) in [6.07, 6.45) is -2.49. The first-order valence-corrected chi connectivity index (χ1v) is 34.6. The van der Waals surface area contributed by atoms with Crippen molar-refractivity contribution in [2.45, 2.75) is 364 Å². The fourth-order valence-electron chi connectivity index (χ4n) is 12.6. The largest absolute Gasteiger partial charge is 0.457 e. The SMILES string of the molecule is CCCCCCCCCC(=O)OC1C(C)OC(OC2C(C)OC(OC3C(C)OC4OC5C(OC(CCCCC)CCCCCCCCCC(=O)OC4C3O)OC(C)C(O)C5O)C(OC(=O)CCCCCCCCC)C2O)C(OC(=O)C=Cc2ccccc2)C1O. The van der Waals surface area contributed by atoms with Gasteiger partial charge in [-0.25, -0.2) is 4.79 Å². The molecule has 5 aliphatic heterocycles. The maximum Gasteiger partial charge on any atom is 0.331 e. The Hall–Kier alpha value is -3.68. The molecule has 0 saturated carbocycles. The van der Waals surface area contributed by atoms with Crippen LogP contribution in [0.1, 0.15) is 240 Å². The molecular formula is C69H112O21. The fraction of sp³-hybridized carbons (Fsp3) is 0.826. The van der Waals surface area contributed by atoms with E-state index < -0.39 is 147 Å². The van der Waals surface area contributed by atoms with Crippen LogP contribution in [0.4, 0.5) is 0 Å². The third kappa shape index (κ3) is 24.0. The number of benzene rings is 1. The van der Waals surface area contributed by atoms with Gasteiger partial charge in [0.15, 0.2) is 49.6 Å². The van der Waals surface area contributed by atoms with Crippen LogP contribution in [0, 0.1) is 0 Å². The smallest absolute Gasteiger partial charge is 0.331 e. The number of unbranched alkanes of at least 4 members (excludes halogenated alkanes) is 14. The Morgan fingerprint density at radius 1 is 0.478 bits per heavy atom. The molecule has 6 rings (SSSR count). The number of rotatable bonds is 29. The number of fused-ring (bicyclic) bond motifs is 2. The molecule has 0 bridgehead atoms. The van der Waals surface area contributed by atoms with Gasteiger partial charge in [-0.2, -0.15) is 0 Å². The van der Waals surface area contributed by atoms with Crippen LogP contribution in [-0.4, -0.2) is 178 Å². The lowest BCUT2D eigenvalue weighted by Gasteiger charge is -2.49. The van der Waals surface area contributed by atoms with E-state index in [0.29, 0.717) is 24.8 Å². The van der Waals surface area contributed by atoms with Crippen molar-refractivity contribution in [2.24, 2.45) is 0 Å². The van der Waals surface area contributed by atoms with E-state index in [1.807, 2.05) is 6.07 Å². The molecule has 0 aromatic heterocycles. The van der Waals surface area contributed by atoms with E-state index >= 15 is 0 Å². The molecule has 5 heterocycles. The van der Waals surface area contributed by atoms with Crippen molar-refractivity contribution in [3.8, 4) is 0 Å². The second-order valence-electron chi connectivity index (χ2n) is 25.6. The molecule has 21 heteroatoms. The van der Waals surface area contributed by atoms with Crippen molar-refractivity contribution >= 4 is 30.0 Å². The average Bonchev–Trinajstić information content (AvgIpc) is 0.885. The summed E-state index contributed by atoms with van der Waals surface area (Å²) in [4.78, 5) is 54.8. The maximum absolute atomic E-state index is 14.0. The zero-order valence-corrected chi connectivity index (χ0v) is 54.9.